The molecule has 0 aliphatic heterocycles. The smallest absolute Gasteiger partial charge is 0.449 e. The van der Waals surface area contributed by atoms with Crippen LogP contribution in [0.5, 0.6) is 17.2 Å². The molecule has 0 saturated carbocycles. The molecular weight excluding hydrogens is 509 g/mol. The lowest BCUT2D eigenvalue weighted by Gasteiger charge is -2.14. The van der Waals surface area contributed by atoms with Crippen LogP contribution >= 0.6 is 11.6 Å². The van der Waals surface area contributed by atoms with Gasteiger partial charge in [0.05, 0.1) is 5.39 Å². The minimum atomic E-state index is -5.04. The molecular formula is C28H20ClF3O5. The zero-order chi connectivity index (χ0) is 26.9. The summed E-state index contributed by atoms with van der Waals surface area (Å²) in [7, 11) is 0. The Bertz CT molecular complexity index is 1560. The normalized spacial score (nSPS) is 11.8. The summed E-state index contributed by atoms with van der Waals surface area (Å²) in [6.45, 7) is 5.25. The van der Waals surface area contributed by atoms with Crippen LogP contribution in [0.2, 0.25) is 5.02 Å². The van der Waals surface area contributed by atoms with E-state index in [0.717, 1.165) is 17.2 Å². The Morgan fingerprint density at radius 2 is 1.59 bits per heavy atom. The van der Waals surface area contributed by atoms with Gasteiger partial charge in [0.2, 0.25) is 11.2 Å². The molecule has 4 rings (SSSR count). The average molecular weight is 529 g/mol. The Kier molecular flexibility index (Phi) is 7.14. The van der Waals surface area contributed by atoms with Crippen molar-refractivity contribution in [2.75, 3.05) is 0 Å². The zero-order valence-corrected chi connectivity index (χ0v) is 20.7. The standard InChI is InChI=1S/C28H20ClF3O5/c1-15-4-6-18(7-5-15)8-11-23(33)35-19-9-10-21-22(14-19)37-27(28(30,31)32)26(25(21)34)36-20-12-16(2)24(29)17(3)13-20/h4-14H,1-3H3. The van der Waals surface area contributed by atoms with Crippen molar-refractivity contribution in [2.45, 2.75) is 26.9 Å². The van der Waals surface area contributed by atoms with E-state index in [1.807, 2.05) is 31.2 Å². The van der Waals surface area contributed by atoms with E-state index in [2.05, 4.69) is 0 Å². The number of carbonyl (C=O) groups is 1. The number of alkyl halides is 3. The molecule has 0 fully saturated rings. The summed E-state index contributed by atoms with van der Waals surface area (Å²) < 4.78 is 57.2. The number of fused-ring (bicyclic) bond motifs is 1. The Morgan fingerprint density at radius 3 is 2.22 bits per heavy atom. The molecule has 4 aromatic rings. The van der Waals surface area contributed by atoms with Crippen LogP contribution in [0.25, 0.3) is 17.0 Å². The van der Waals surface area contributed by atoms with Gasteiger partial charge in [-0.15, -0.1) is 0 Å². The third kappa shape index (κ3) is 5.86. The summed E-state index contributed by atoms with van der Waals surface area (Å²) in [5.41, 5.74) is 1.51. The van der Waals surface area contributed by atoms with Crippen molar-refractivity contribution in [2.24, 2.45) is 0 Å². The Morgan fingerprint density at radius 1 is 0.946 bits per heavy atom. The van der Waals surface area contributed by atoms with Crippen LogP contribution in [0.15, 0.2) is 69.9 Å². The lowest BCUT2D eigenvalue weighted by molar-refractivity contribution is -0.154. The lowest BCUT2D eigenvalue weighted by atomic mass is 10.1. The number of rotatable bonds is 5. The van der Waals surface area contributed by atoms with Crippen molar-refractivity contribution in [3.8, 4) is 17.2 Å². The second kappa shape index (κ2) is 10.1. The molecule has 5 nitrogen and oxygen atoms in total. The van der Waals surface area contributed by atoms with Gasteiger partial charge >= 0.3 is 12.1 Å². The quantitative estimate of drug-likeness (QED) is 0.150. The van der Waals surface area contributed by atoms with Gasteiger partial charge in [-0.25, -0.2) is 4.79 Å². The SMILES string of the molecule is Cc1ccc(C=CC(=O)Oc2ccc3c(=O)c(Oc4cc(C)c(Cl)c(C)c4)c(C(F)(F)F)oc3c2)cc1. The number of carbonyl (C=O) groups excluding carboxylic acids is 1. The molecule has 0 atom stereocenters. The molecule has 0 radical (unpaired) electrons. The minimum absolute atomic E-state index is 0.00228. The lowest BCUT2D eigenvalue weighted by Crippen LogP contribution is -2.15. The van der Waals surface area contributed by atoms with Crippen molar-refractivity contribution in [1.82, 2.24) is 0 Å². The van der Waals surface area contributed by atoms with Gasteiger partial charge < -0.3 is 13.9 Å². The first-order valence-electron chi connectivity index (χ1n) is 11.0. The highest BCUT2D eigenvalue weighted by atomic mass is 35.5. The number of halogens is 4. The third-order valence-corrected chi connectivity index (χ3v) is 6.01. The minimum Gasteiger partial charge on any atom is -0.449 e. The summed E-state index contributed by atoms with van der Waals surface area (Å²) in [5.74, 6) is -3.47. The van der Waals surface area contributed by atoms with Crippen molar-refractivity contribution >= 4 is 34.6 Å². The van der Waals surface area contributed by atoms with Crippen LogP contribution in [0.4, 0.5) is 13.2 Å². The second-order valence-electron chi connectivity index (χ2n) is 8.38. The van der Waals surface area contributed by atoms with Gasteiger partial charge in [0.15, 0.2) is 0 Å². The summed E-state index contributed by atoms with van der Waals surface area (Å²) >= 11 is 6.12. The monoisotopic (exact) mass is 528 g/mol. The van der Waals surface area contributed by atoms with Gasteiger partial charge in [-0.05, 0) is 67.8 Å². The maximum Gasteiger partial charge on any atom is 0.453 e. The van der Waals surface area contributed by atoms with E-state index in [-0.39, 0.29) is 16.9 Å². The fourth-order valence-corrected chi connectivity index (χ4v) is 3.68. The molecule has 190 valence electrons. The van der Waals surface area contributed by atoms with Gasteiger partial charge in [0.25, 0.3) is 5.76 Å². The molecule has 0 amide bonds. The van der Waals surface area contributed by atoms with E-state index >= 15 is 0 Å². The Hall–Kier alpha value is -4.04. The summed E-state index contributed by atoms with van der Waals surface area (Å²) in [4.78, 5) is 25.2. The predicted octanol–water partition coefficient (Wildman–Crippen LogP) is 7.80. The van der Waals surface area contributed by atoms with Crippen LogP contribution in [-0.2, 0) is 11.0 Å². The topological polar surface area (TPSA) is 65.7 Å². The van der Waals surface area contributed by atoms with Crippen LogP contribution < -0.4 is 14.9 Å². The van der Waals surface area contributed by atoms with Crippen LogP contribution in [0, 0.1) is 20.8 Å². The largest absolute Gasteiger partial charge is 0.453 e. The molecule has 0 spiro atoms. The molecule has 0 aliphatic rings. The van der Waals surface area contributed by atoms with E-state index in [0.29, 0.717) is 16.1 Å². The molecule has 1 aromatic heterocycles. The molecule has 3 aromatic carbocycles. The van der Waals surface area contributed by atoms with Gasteiger partial charge in [0, 0.05) is 17.2 Å². The average Bonchev–Trinajstić information content (AvgIpc) is 2.83. The highest BCUT2D eigenvalue weighted by molar-refractivity contribution is 6.32. The first-order valence-corrected chi connectivity index (χ1v) is 11.4. The Balaban J connectivity index is 1.68. The molecule has 0 saturated heterocycles. The third-order valence-electron chi connectivity index (χ3n) is 5.42. The summed E-state index contributed by atoms with van der Waals surface area (Å²) in [6.07, 6.45) is -2.32. The van der Waals surface area contributed by atoms with Crippen LogP contribution in [-0.4, -0.2) is 5.97 Å². The highest BCUT2D eigenvalue weighted by Gasteiger charge is 2.40. The molecule has 0 N–H and O–H groups in total. The number of benzene rings is 3. The van der Waals surface area contributed by atoms with Crippen molar-refractivity contribution < 1.29 is 31.9 Å². The maximum absolute atomic E-state index is 13.9. The number of hydrogen-bond donors (Lipinski definition) is 0. The molecule has 37 heavy (non-hydrogen) atoms. The maximum atomic E-state index is 13.9. The molecule has 0 aliphatic carbocycles. The van der Waals surface area contributed by atoms with Gasteiger partial charge in [-0.1, -0.05) is 41.4 Å². The van der Waals surface area contributed by atoms with Crippen LogP contribution in [0.3, 0.4) is 0 Å². The van der Waals surface area contributed by atoms with E-state index in [1.165, 1.54) is 36.4 Å². The van der Waals surface area contributed by atoms with Crippen LogP contribution in [0.1, 0.15) is 28.0 Å². The van der Waals surface area contributed by atoms with E-state index in [9.17, 15) is 22.8 Å². The fourth-order valence-electron chi connectivity index (χ4n) is 3.57. The predicted molar refractivity (Wildman–Crippen MR) is 134 cm³/mol. The second-order valence-corrected chi connectivity index (χ2v) is 8.76. The van der Waals surface area contributed by atoms with Crippen molar-refractivity contribution in [3.63, 3.8) is 0 Å². The van der Waals surface area contributed by atoms with E-state index in [4.69, 9.17) is 25.5 Å². The first kappa shape index (κ1) is 26.0. The zero-order valence-electron chi connectivity index (χ0n) is 19.9. The molecule has 1 heterocycles. The van der Waals surface area contributed by atoms with Crippen molar-refractivity contribution in [3.05, 3.63) is 104 Å². The van der Waals surface area contributed by atoms with Gasteiger partial charge in [-0.2, -0.15) is 13.2 Å². The fraction of sp³-hybridized carbons (Fsp3) is 0.143. The van der Waals surface area contributed by atoms with Gasteiger partial charge in [-0.3, -0.25) is 4.79 Å². The van der Waals surface area contributed by atoms with E-state index < -0.39 is 34.7 Å². The number of aryl methyl sites for hydroxylation is 3. The van der Waals surface area contributed by atoms with E-state index in [1.54, 1.807) is 13.8 Å². The Labute approximate surface area is 214 Å². The number of ether oxygens (including phenoxy) is 2. The molecule has 9 heteroatoms. The summed E-state index contributed by atoms with van der Waals surface area (Å²) in [5, 5.41) is 0.255. The van der Waals surface area contributed by atoms with Gasteiger partial charge in [0.1, 0.15) is 17.1 Å². The summed E-state index contributed by atoms with van der Waals surface area (Å²) in [6, 6.07) is 13.8. The number of hydrogen-bond acceptors (Lipinski definition) is 5. The van der Waals surface area contributed by atoms with Crippen molar-refractivity contribution in [1.29, 1.82) is 0 Å². The molecule has 0 bridgehead atoms. The first-order chi connectivity index (χ1) is 17.4. The highest BCUT2D eigenvalue weighted by Crippen LogP contribution is 2.39. The molecule has 0 unspecified atom stereocenters. The number of esters is 1.